The van der Waals surface area contributed by atoms with E-state index < -0.39 is 30.1 Å². The van der Waals surface area contributed by atoms with Crippen LogP contribution in [0.15, 0.2) is 9.13 Å². The Hall–Kier alpha value is -1.89. The maximum absolute atomic E-state index is 12.6. The molecule has 0 aromatic carbocycles. The smallest absolute Gasteiger partial charge is 0.299 e. The van der Waals surface area contributed by atoms with Gasteiger partial charge in [0.2, 0.25) is 16.9 Å². The number of rotatable bonds is 5. The number of nitrogens with zero attached hydrogens (tertiary/aromatic N) is 5. The van der Waals surface area contributed by atoms with Gasteiger partial charge in [0.15, 0.2) is 4.34 Å². The van der Waals surface area contributed by atoms with Crippen LogP contribution < -0.4 is 11.0 Å². The van der Waals surface area contributed by atoms with Gasteiger partial charge >= 0.3 is 11.9 Å². The van der Waals surface area contributed by atoms with Crippen molar-refractivity contribution in [3.63, 3.8) is 0 Å². The first-order chi connectivity index (χ1) is 10.7. The van der Waals surface area contributed by atoms with E-state index in [2.05, 4.69) is 20.6 Å². The number of alkyl halides is 3. The molecule has 0 radical (unpaired) electrons. The Morgan fingerprint density at radius 1 is 1.39 bits per heavy atom. The molecule has 13 heteroatoms. The van der Waals surface area contributed by atoms with Gasteiger partial charge in [-0.2, -0.15) is 13.2 Å². The Bertz CT molecular complexity index is 765. The van der Waals surface area contributed by atoms with E-state index in [1.54, 1.807) is 0 Å². The molecular weight excluding hydrogens is 357 g/mol. The molecule has 0 bridgehead atoms. The Balaban J connectivity index is 2.10. The summed E-state index contributed by atoms with van der Waals surface area (Å²) in [5.74, 6) is -1.30. The van der Waals surface area contributed by atoms with Crippen molar-refractivity contribution in [1.29, 1.82) is 0 Å². The minimum absolute atomic E-state index is 0.200. The van der Waals surface area contributed by atoms with Crippen LogP contribution in [-0.4, -0.2) is 36.2 Å². The molecule has 2 aromatic rings. The fraction of sp³-hybridized carbons (Fsp3) is 0.500. The molecule has 1 amide bonds. The second kappa shape index (κ2) is 6.70. The summed E-state index contributed by atoms with van der Waals surface area (Å²) in [4.78, 5) is 23.5. The molecule has 0 unspecified atom stereocenters. The summed E-state index contributed by atoms with van der Waals surface area (Å²) in [6, 6.07) is 0. The Morgan fingerprint density at radius 3 is 2.65 bits per heavy atom. The average Bonchev–Trinajstić information content (AvgIpc) is 2.98. The van der Waals surface area contributed by atoms with Crippen LogP contribution in [0.2, 0.25) is 0 Å². The second-order valence-corrected chi connectivity index (χ2v) is 6.66. The maximum Gasteiger partial charge on any atom is 0.451 e. The summed E-state index contributed by atoms with van der Waals surface area (Å²) >= 11 is 2.56. The number of halogens is 3. The van der Waals surface area contributed by atoms with Gasteiger partial charge in [-0.25, -0.2) is 9.48 Å². The Morgan fingerprint density at radius 2 is 2.09 bits per heavy atom. The molecule has 0 saturated carbocycles. The molecule has 0 saturated heterocycles. The number of amides is 1. The highest BCUT2D eigenvalue weighted by atomic mass is 32.2. The number of carbonyl (C=O) groups excluding carboxylic acids is 1. The summed E-state index contributed by atoms with van der Waals surface area (Å²) in [7, 11) is 0.936. The standard InChI is InChI=1S/C10H11F3N6O2S2/c1-3-22-8-16-15-7(23-8)14-5(20)4-19-9(21)18(2)6(17-19)10(11,12)13/h3-4H2,1-2H3,(H,14,15,20). The summed E-state index contributed by atoms with van der Waals surface area (Å²) in [5, 5.41) is 13.2. The molecule has 8 nitrogen and oxygen atoms in total. The fourth-order valence-corrected chi connectivity index (χ4v) is 3.24. The highest BCUT2D eigenvalue weighted by Gasteiger charge is 2.38. The summed E-state index contributed by atoms with van der Waals surface area (Å²) < 4.78 is 39.4. The molecule has 0 aliphatic heterocycles. The van der Waals surface area contributed by atoms with Crippen LogP contribution in [0.25, 0.3) is 0 Å². The largest absolute Gasteiger partial charge is 0.451 e. The van der Waals surface area contributed by atoms with Crippen LogP contribution >= 0.6 is 23.1 Å². The third kappa shape index (κ3) is 4.10. The van der Waals surface area contributed by atoms with E-state index in [0.717, 1.165) is 24.1 Å². The molecule has 2 rings (SSSR count). The van der Waals surface area contributed by atoms with E-state index in [1.165, 1.54) is 11.8 Å². The predicted octanol–water partition coefficient (Wildman–Crippen LogP) is 1.20. The maximum atomic E-state index is 12.6. The van der Waals surface area contributed by atoms with Gasteiger partial charge in [-0.05, 0) is 5.75 Å². The van der Waals surface area contributed by atoms with Gasteiger partial charge in [0.25, 0.3) is 0 Å². The second-order valence-electron chi connectivity index (χ2n) is 4.17. The van der Waals surface area contributed by atoms with Crippen LogP contribution in [0, 0.1) is 0 Å². The van der Waals surface area contributed by atoms with Gasteiger partial charge in [-0.15, -0.1) is 15.3 Å². The number of hydrogen-bond acceptors (Lipinski definition) is 7. The van der Waals surface area contributed by atoms with Crippen molar-refractivity contribution in [2.75, 3.05) is 11.1 Å². The molecule has 0 spiro atoms. The quantitative estimate of drug-likeness (QED) is 0.630. The van der Waals surface area contributed by atoms with Crippen molar-refractivity contribution in [1.82, 2.24) is 24.5 Å². The topological polar surface area (TPSA) is 94.7 Å². The van der Waals surface area contributed by atoms with Crippen LogP contribution in [-0.2, 0) is 24.6 Å². The van der Waals surface area contributed by atoms with Gasteiger partial charge in [0.1, 0.15) is 6.54 Å². The van der Waals surface area contributed by atoms with Crippen molar-refractivity contribution < 1.29 is 18.0 Å². The van der Waals surface area contributed by atoms with Gasteiger partial charge in [0, 0.05) is 7.05 Å². The van der Waals surface area contributed by atoms with Crippen molar-refractivity contribution >= 4 is 34.1 Å². The summed E-state index contributed by atoms with van der Waals surface area (Å²) in [6.45, 7) is 1.27. The normalized spacial score (nSPS) is 11.7. The van der Waals surface area contributed by atoms with Gasteiger partial charge in [-0.1, -0.05) is 30.0 Å². The van der Waals surface area contributed by atoms with Gasteiger partial charge in [0.05, 0.1) is 0 Å². The van der Waals surface area contributed by atoms with Crippen molar-refractivity contribution in [2.24, 2.45) is 7.05 Å². The number of nitrogens with one attached hydrogen (secondary N) is 1. The lowest BCUT2D eigenvalue weighted by atomic mass is 10.6. The lowest BCUT2D eigenvalue weighted by molar-refractivity contribution is -0.147. The van der Waals surface area contributed by atoms with Crippen LogP contribution in [0.5, 0.6) is 0 Å². The lowest BCUT2D eigenvalue weighted by Crippen LogP contribution is -2.29. The Kier molecular flexibility index (Phi) is 5.09. The molecule has 1 N–H and O–H groups in total. The lowest BCUT2D eigenvalue weighted by Gasteiger charge is -2.02. The monoisotopic (exact) mass is 368 g/mol. The zero-order valence-corrected chi connectivity index (χ0v) is 13.6. The zero-order chi connectivity index (χ0) is 17.2. The zero-order valence-electron chi connectivity index (χ0n) is 11.9. The van der Waals surface area contributed by atoms with Crippen LogP contribution in [0.3, 0.4) is 0 Å². The average molecular weight is 368 g/mol. The molecule has 126 valence electrons. The number of anilines is 1. The minimum Gasteiger partial charge on any atom is -0.299 e. The number of aromatic nitrogens is 5. The van der Waals surface area contributed by atoms with Gasteiger partial charge in [-0.3, -0.25) is 14.7 Å². The van der Waals surface area contributed by atoms with E-state index in [-0.39, 0.29) is 5.13 Å². The summed E-state index contributed by atoms with van der Waals surface area (Å²) in [5.41, 5.74) is -1.04. The van der Waals surface area contributed by atoms with Crippen LogP contribution in [0.1, 0.15) is 12.7 Å². The van der Waals surface area contributed by atoms with E-state index in [4.69, 9.17) is 0 Å². The molecule has 23 heavy (non-hydrogen) atoms. The number of carbonyl (C=O) groups is 1. The van der Waals surface area contributed by atoms with Gasteiger partial charge < -0.3 is 0 Å². The third-order valence-corrected chi connectivity index (χ3v) is 4.36. The highest BCUT2D eigenvalue weighted by molar-refractivity contribution is 8.01. The van der Waals surface area contributed by atoms with E-state index >= 15 is 0 Å². The molecule has 2 aromatic heterocycles. The highest BCUT2D eigenvalue weighted by Crippen LogP contribution is 2.26. The van der Waals surface area contributed by atoms with E-state index in [9.17, 15) is 22.8 Å². The predicted molar refractivity (Wildman–Crippen MR) is 77.4 cm³/mol. The van der Waals surface area contributed by atoms with E-state index in [1.807, 2.05) is 6.92 Å². The summed E-state index contributed by atoms with van der Waals surface area (Å²) in [6.07, 6.45) is -4.78. The molecule has 0 fully saturated rings. The fourth-order valence-electron chi connectivity index (χ4n) is 1.57. The first kappa shape index (κ1) is 17.5. The molecule has 0 aliphatic rings. The van der Waals surface area contributed by atoms with E-state index in [0.29, 0.717) is 13.6 Å². The minimum atomic E-state index is -4.78. The molecule has 0 atom stereocenters. The Labute approximate surface area is 135 Å². The van der Waals surface area contributed by atoms with Crippen LogP contribution in [0.4, 0.5) is 18.3 Å². The third-order valence-electron chi connectivity index (χ3n) is 2.51. The number of hydrogen-bond donors (Lipinski definition) is 1. The first-order valence-electron chi connectivity index (χ1n) is 6.19. The van der Waals surface area contributed by atoms with Crippen molar-refractivity contribution in [3.05, 3.63) is 16.3 Å². The molecular formula is C10H11F3N6O2S2. The number of thioether (sulfide) groups is 1. The SMILES string of the molecule is CCSc1nnc(NC(=O)Cn2nc(C(F)(F)F)n(C)c2=O)s1. The molecule has 2 heterocycles. The first-order valence-corrected chi connectivity index (χ1v) is 7.99. The molecule has 0 aliphatic carbocycles. The van der Waals surface area contributed by atoms with Crippen molar-refractivity contribution in [3.8, 4) is 0 Å². The van der Waals surface area contributed by atoms with Crippen molar-refractivity contribution in [2.45, 2.75) is 24.0 Å².